The lowest BCUT2D eigenvalue weighted by molar-refractivity contribution is -0.0527. The van der Waals surface area contributed by atoms with E-state index in [1.54, 1.807) is 26.2 Å². The van der Waals surface area contributed by atoms with Crippen LogP contribution in [0.3, 0.4) is 0 Å². The summed E-state index contributed by atoms with van der Waals surface area (Å²) < 4.78 is 183. The lowest BCUT2D eigenvalue weighted by atomic mass is 10.1. The molecular weight excluding hydrogens is 1380 g/mol. The van der Waals surface area contributed by atoms with Crippen LogP contribution in [-0.4, -0.2) is 151 Å². The van der Waals surface area contributed by atoms with Gasteiger partial charge in [-0.2, -0.15) is 43.2 Å². The zero-order chi connectivity index (χ0) is 66.0. The maximum absolute atomic E-state index is 14.7. The van der Waals surface area contributed by atoms with Gasteiger partial charge in [0.1, 0.15) is 24.7 Å². The quantitative estimate of drug-likeness (QED) is 0.0336. The maximum Gasteiger partial charge on any atom is 0.534 e. The van der Waals surface area contributed by atoms with Crippen LogP contribution in [0.25, 0.3) is 0 Å². The molecule has 0 spiro atoms. The molecule has 4 amide bonds. The van der Waals surface area contributed by atoms with Crippen molar-refractivity contribution in [2.75, 3.05) is 50.4 Å². The van der Waals surface area contributed by atoms with Gasteiger partial charge in [0.05, 0.1) is 62.0 Å². The number of hydrogen-bond acceptors (Lipinski definition) is 18. The molecule has 4 aliphatic rings. The van der Waals surface area contributed by atoms with E-state index in [2.05, 4.69) is 8.37 Å². The first-order chi connectivity index (χ1) is 39.5. The molecule has 22 nitrogen and oxygen atoms in total. The van der Waals surface area contributed by atoms with Gasteiger partial charge < -0.3 is 55.4 Å². The number of alkyl halides is 12. The summed E-state index contributed by atoms with van der Waals surface area (Å²) in [5, 5.41) is -1.31. The zero-order valence-electron chi connectivity index (χ0n) is 48.2. The van der Waals surface area contributed by atoms with E-state index in [1.807, 2.05) is 41.5 Å². The number of hydrogen-bond donors (Lipinski definition) is 0. The summed E-state index contributed by atoms with van der Waals surface area (Å²) in [6.45, 7) is 15.7. The smallest absolute Gasteiger partial charge is 0.493 e. The molecule has 2 aromatic carbocycles. The molecule has 0 fully saturated rings. The van der Waals surface area contributed by atoms with Gasteiger partial charge in [-0.05, 0) is 48.4 Å². The van der Waals surface area contributed by atoms with Crippen molar-refractivity contribution in [3.8, 4) is 23.0 Å². The average Bonchev–Trinajstić information content (AvgIpc) is 1.69. The van der Waals surface area contributed by atoms with E-state index >= 15 is 0 Å². The van der Waals surface area contributed by atoms with Gasteiger partial charge in [-0.1, -0.05) is 111 Å². The Kier molecular flexibility index (Phi) is 21.0. The van der Waals surface area contributed by atoms with E-state index in [4.69, 9.17) is 107 Å². The Balaban J connectivity index is 1.40. The number of nitrogens with zero attached hydrogens (tertiary/aromatic N) is 4. The van der Waals surface area contributed by atoms with Crippen molar-refractivity contribution in [3.05, 3.63) is 59.3 Å². The molecule has 0 unspecified atom stereocenters. The topological polar surface area (TPSA) is 242 Å². The highest BCUT2D eigenvalue weighted by Gasteiger charge is 2.57. The number of rotatable bonds is 18. The second-order valence-electron chi connectivity index (χ2n) is 22.8. The van der Waals surface area contributed by atoms with Crippen LogP contribution in [0, 0.1) is 0 Å². The number of halogens is 12. The van der Waals surface area contributed by atoms with E-state index in [9.17, 15) is 62.4 Å². The van der Waals surface area contributed by atoms with Crippen LogP contribution < -0.4 is 28.7 Å². The Morgan fingerprint density at radius 2 is 0.885 bits per heavy atom. The second-order valence-corrected chi connectivity index (χ2v) is 40.5. The number of anilines is 2. The van der Waals surface area contributed by atoms with Crippen LogP contribution in [0.5, 0.6) is 23.0 Å². The molecule has 0 radical (unpaired) electrons. The van der Waals surface area contributed by atoms with Crippen LogP contribution >= 0.6 is 69.6 Å². The van der Waals surface area contributed by atoms with Crippen LogP contribution in [-0.2, 0) is 46.9 Å². The Morgan fingerprint density at radius 3 is 1.16 bits per heavy atom. The van der Waals surface area contributed by atoms with Crippen molar-refractivity contribution < 1.29 is 108 Å². The summed E-state index contributed by atoms with van der Waals surface area (Å²) in [5.74, 6) is -4.24. The molecule has 4 atom stereocenters. The molecule has 4 heterocycles. The molecule has 2 aromatic rings. The van der Waals surface area contributed by atoms with Gasteiger partial charge in [-0.15, -0.1) is 0 Å². The minimum Gasteiger partial charge on any atom is -0.493 e. The van der Waals surface area contributed by atoms with E-state index in [-0.39, 0.29) is 65.1 Å². The number of benzene rings is 2. The predicted octanol–water partition coefficient (Wildman–Crippen LogP) is 12.7. The summed E-state index contributed by atoms with van der Waals surface area (Å²) in [7, 11) is -16.5. The van der Waals surface area contributed by atoms with Crippen molar-refractivity contribution in [2.45, 2.75) is 140 Å². The van der Waals surface area contributed by atoms with E-state index in [1.165, 1.54) is 26.4 Å². The molecule has 0 aromatic heterocycles. The van der Waals surface area contributed by atoms with Crippen LogP contribution in [0.4, 0.5) is 47.3 Å². The van der Waals surface area contributed by atoms with Crippen LogP contribution in [0.15, 0.2) is 48.2 Å². The molecule has 38 heteroatoms. The highest BCUT2D eigenvalue weighted by molar-refractivity contribution is 7.88. The summed E-state index contributed by atoms with van der Waals surface area (Å²) in [4.78, 5) is 61.9. The van der Waals surface area contributed by atoms with Gasteiger partial charge in [-0.3, -0.25) is 9.59 Å². The fraction of sp³-hybridized carbons (Fsp3) is 0.592. The Hall–Kier alpha value is -4.23. The molecular formula is C49H60Cl6F6N4O18S2Si2. The van der Waals surface area contributed by atoms with Gasteiger partial charge >= 0.3 is 43.4 Å². The molecule has 0 aliphatic carbocycles. The summed E-state index contributed by atoms with van der Waals surface area (Å²) in [5.41, 5.74) is -13.0. The van der Waals surface area contributed by atoms with Crippen LogP contribution in [0.2, 0.25) is 36.3 Å². The fourth-order valence-electron chi connectivity index (χ4n) is 8.35. The summed E-state index contributed by atoms with van der Waals surface area (Å²) in [6.07, 6.45) is -6.01. The van der Waals surface area contributed by atoms with Gasteiger partial charge in [0.15, 0.2) is 52.1 Å². The molecule has 488 valence electrons. The summed E-state index contributed by atoms with van der Waals surface area (Å²) >= 11 is 35.9. The third-order valence-corrected chi connectivity index (χ3v) is 26.2. The number of carbonyl (C=O) groups is 4. The van der Waals surface area contributed by atoms with Gasteiger partial charge in [0.25, 0.3) is 11.8 Å². The van der Waals surface area contributed by atoms with Gasteiger partial charge in [-0.25, -0.2) is 19.4 Å². The normalized spacial score (nSPS) is 19.9. The molecule has 4 aliphatic heterocycles. The monoisotopic (exact) mass is 1440 g/mol. The van der Waals surface area contributed by atoms with E-state index < -0.39 is 152 Å². The predicted molar refractivity (Wildman–Crippen MR) is 311 cm³/mol. The van der Waals surface area contributed by atoms with Crippen molar-refractivity contribution in [3.63, 3.8) is 0 Å². The van der Waals surface area contributed by atoms with E-state index in [0.717, 1.165) is 44.1 Å². The standard InChI is InChI=1S/C49H60Cl6F6N4O18S2Si2/c1-44(2,3)86(9,10)82-40-32-16-26(80-84(70,71)48(56,57)58)22-62(32)38(66)28-18-34(74-7)36(20-30(28)64(40)42(68)78-24-46(50,51)52)76-14-13-15-77-37-21-31-29(19-35(37)75-8)39(67)63-23-27(81-85(72,73)49(59,60)61)17-33(63)41(83-87(11,12)45(4,5)6)65(31)43(69)79-25-47(53,54)55/h18-23,32-33,40-41H,13-17,24-25H2,1-12H3/t32-,33-,40-,41-/m0/s1. The molecule has 0 saturated carbocycles. The first-order valence-electron chi connectivity index (χ1n) is 25.7. The van der Waals surface area contributed by atoms with Gasteiger partial charge in [0, 0.05) is 43.8 Å². The minimum atomic E-state index is -6.26. The molecule has 0 saturated heterocycles. The number of amides is 4. The first kappa shape index (κ1) is 71.8. The molecule has 0 bridgehead atoms. The number of fused-ring (bicyclic) bond motifs is 4. The second kappa shape index (κ2) is 25.5. The highest BCUT2D eigenvalue weighted by Crippen LogP contribution is 2.49. The lowest BCUT2D eigenvalue weighted by Crippen LogP contribution is -2.58. The summed E-state index contributed by atoms with van der Waals surface area (Å²) in [6, 6.07) is 1.71. The number of methoxy groups -OCH3 is 2. The third-order valence-electron chi connectivity index (χ3n) is 14.6. The lowest BCUT2D eigenvalue weighted by Gasteiger charge is -2.44. The molecule has 0 N–H and O–H groups in total. The van der Waals surface area contributed by atoms with Gasteiger partial charge in [0.2, 0.25) is 7.59 Å². The van der Waals surface area contributed by atoms with Crippen molar-refractivity contribution in [1.82, 2.24) is 9.80 Å². The largest absolute Gasteiger partial charge is 0.534 e. The van der Waals surface area contributed by atoms with Crippen molar-refractivity contribution >= 4 is 142 Å². The molecule has 6 rings (SSSR count). The Bertz CT molecular complexity index is 3090. The highest BCUT2D eigenvalue weighted by atomic mass is 35.6. The van der Waals surface area contributed by atoms with Crippen molar-refractivity contribution in [1.29, 1.82) is 0 Å². The fourth-order valence-corrected chi connectivity index (χ4v) is 12.1. The number of ether oxygens (including phenoxy) is 6. The SMILES string of the molecule is COc1cc2c(cc1OCCCOc1cc3c(cc1OC)C(=O)N1C=C(OS(=O)(=O)C(F)(F)F)C[C@H]1[C@H](O[Si](C)(C)C(C)(C)C)N3C(=O)OCC(Cl)(Cl)Cl)N(C(=O)OCC(Cl)(Cl)Cl)[C@@H](O[Si](C)(C)C(C)(C)C)[C@@H]1CC(OS(=O)(=O)C(F)(F)F)=CN1C2=O. The zero-order valence-corrected chi connectivity index (χ0v) is 56.4. The first-order valence-corrected chi connectivity index (χ1v) is 36.6. The Morgan fingerprint density at radius 1 is 0.563 bits per heavy atom. The minimum absolute atomic E-state index is 0.0366. The van der Waals surface area contributed by atoms with Crippen LogP contribution in [0.1, 0.15) is 81.5 Å². The Labute approximate surface area is 529 Å². The third kappa shape index (κ3) is 16.1. The maximum atomic E-state index is 14.7. The van der Waals surface area contributed by atoms with Crippen molar-refractivity contribution in [2.24, 2.45) is 0 Å². The molecule has 87 heavy (non-hydrogen) atoms. The average molecular weight is 1440 g/mol. The number of carbonyl (C=O) groups excluding carboxylic acids is 4. The van der Waals surface area contributed by atoms with E-state index in [0.29, 0.717) is 0 Å².